The van der Waals surface area contributed by atoms with Crippen LogP contribution >= 0.6 is 11.8 Å². The van der Waals surface area contributed by atoms with Gasteiger partial charge in [-0.05, 0) is 36.9 Å². The number of imidazole rings is 1. The molecule has 3 heterocycles. The van der Waals surface area contributed by atoms with Gasteiger partial charge in [0.25, 0.3) is 5.91 Å². The zero-order chi connectivity index (χ0) is 22.9. The van der Waals surface area contributed by atoms with Gasteiger partial charge in [-0.2, -0.15) is 5.10 Å². The van der Waals surface area contributed by atoms with Crippen LogP contribution in [0.25, 0.3) is 22.3 Å². The summed E-state index contributed by atoms with van der Waals surface area (Å²) in [5, 5.41) is 9.21. The molecule has 0 bridgehead atoms. The van der Waals surface area contributed by atoms with E-state index in [2.05, 4.69) is 15.4 Å². The average Bonchev–Trinajstić information content (AvgIpc) is 3.36. The highest BCUT2D eigenvalue weighted by atomic mass is 32.2. The van der Waals surface area contributed by atoms with Crippen LogP contribution < -0.4 is 5.32 Å². The molecule has 1 N–H and O–H groups in total. The normalized spacial score (nSPS) is 11.1. The molecule has 33 heavy (non-hydrogen) atoms. The fourth-order valence-electron chi connectivity index (χ4n) is 3.78. The number of aromatic nitrogens is 5. The van der Waals surface area contributed by atoms with Crippen molar-refractivity contribution in [2.24, 2.45) is 14.1 Å². The van der Waals surface area contributed by atoms with Gasteiger partial charge in [0, 0.05) is 36.9 Å². The van der Waals surface area contributed by atoms with Crippen molar-refractivity contribution in [1.82, 2.24) is 24.3 Å². The summed E-state index contributed by atoms with van der Waals surface area (Å²) < 4.78 is 3.67. The highest BCUT2D eigenvalue weighted by molar-refractivity contribution is 7.99. The Morgan fingerprint density at radius 1 is 1.03 bits per heavy atom. The first-order valence-corrected chi connectivity index (χ1v) is 11.3. The van der Waals surface area contributed by atoms with Crippen molar-refractivity contribution >= 4 is 34.4 Å². The summed E-state index contributed by atoms with van der Waals surface area (Å²) in [5.74, 6) is -0.205. The molecule has 5 rings (SSSR count). The van der Waals surface area contributed by atoms with Crippen LogP contribution in [0.4, 0.5) is 5.69 Å². The van der Waals surface area contributed by atoms with Crippen molar-refractivity contribution in [3.63, 3.8) is 0 Å². The van der Waals surface area contributed by atoms with Gasteiger partial charge in [0.15, 0.2) is 10.8 Å². The van der Waals surface area contributed by atoms with Crippen molar-refractivity contribution < 1.29 is 4.79 Å². The number of amides is 1. The maximum atomic E-state index is 13.6. The summed E-state index contributed by atoms with van der Waals surface area (Å²) in [6, 6.07) is 19.4. The van der Waals surface area contributed by atoms with Gasteiger partial charge in [0.2, 0.25) is 0 Å². The van der Waals surface area contributed by atoms with Crippen LogP contribution in [0.2, 0.25) is 0 Å². The molecule has 0 spiro atoms. The van der Waals surface area contributed by atoms with Gasteiger partial charge in [0.05, 0.1) is 28.0 Å². The molecule has 0 aliphatic heterocycles. The van der Waals surface area contributed by atoms with E-state index in [-0.39, 0.29) is 5.91 Å². The topological polar surface area (TPSA) is 77.6 Å². The maximum Gasteiger partial charge on any atom is 0.256 e. The Morgan fingerprint density at radius 2 is 1.79 bits per heavy atom. The molecule has 0 saturated heterocycles. The van der Waals surface area contributed by atoms with Crippen molar-refractivity contribution in [3.8, 4) is 11.3 Å². The molecule has 7 nitrogen and oxygen atoms in total. The number of hydrogen-bond acceptors (Lipinski definition) is 5. The fraction of sp³-hybridized carbons (Fsp3) is 0.120. The predicted molar refractivity (Wildman–Crippen MR) is 130 cm³/mol. The quantitative estimate of drug-likeness (QED) is 0.401. The SMILES string of the molecule is Cc1nn(C)c2nc(-c3ccccc3)cc(C(=O)Nc3ccccc3Sc3nccn3C)c12. The predicted octanol–water partition coefficient (Wildman–Crippen LogP) is 5.08. The second-order valence-electron chi connectivity index (χ2n) is 7.70. The summed E-state index contributed by atoms with van der Waals surface area (Å²) in [7, 11) is 3.79. The lowest BCUT2D eigenvalue weighted by molar-refractivity contribution is 0.102. The lowest BCUT2D eigenvalue weighted by Gasteiger charge is -2.12. The third kappa shape index (κ3) is 4.01. The molecular formula is C25H22N6OS. The first-order valence-electron chi connectivity index (χ1n) is 10.5. The minimum absolute atomic E-state index is 0.205. The van der Waals surface area contributed by atoms with Crippen LogP contribution in [0.15, 0.2) is 83.1 Å². The van der Waals surface area contributed by atoms with Gasteiger partial charge in [-0.3, -0.25) is 9.48 Å². The number of pyridine rings is 1. The first-order chi connectivity index (χ1) is 16.0. The minimum atomic E-state index is -0.205. The summed E-state index contributed by atoms with van der Waals surface area (Å²) in [4.78, 5) is 23.7. The molecule has 1 amide bonds. The van der Waals surface area contributed by atoms with E-state index in [1.54, 1.807) is 10.9 Å². The van der Waals surface area contributed by atoms with E-state index in [0.717, 1.165) is 38.1 Å². The highest BCUT2D eigenvalue weighted by Gasteiger charge is 2.20. The number of para-hydroxylation sites is 1. The van der Waals surface area contributed by atoms with Crippen molar-refractivity contribution in [2.45, 2.75) is 17.0 Å². The fourth-order valence-corrected chi connectivity index (χ4v) is 4.67. The Morgan fingerprint density at radius 3 is 2.55 bits per heavy atom. The molecule has 0 fully saturated rings. The number of rotatable bonds is 5. The third-order valence-electron chi connectivity index (χ3n) is 5.40. The van der Waals surface area contributed by atoms with E-state index in [1.807, 2.05) is 92.4 Å². The molecule has 8 heteroatoms. The number of hydrogen-bond donors (Lipinski definition) is 1. The molecule has 5 aromatic rings. The lowest BCUT2D eigenvalue weighted by atomic mass is 10.0. The van der Waals surface area contributed by atoms with Gasteiger partial charge in [-0.15, -0.1) is 0 Å². The van der Waals surface area contributed by atoms with E-state index in [4.69, 9.17) is 4.98 Å². The number of carbonyl (C=O) groups excluding carboxylic acids is 1. The molecule has 0 aliphatic carbocycles. The molecule has 0 saturated carbocycles. The number of aryl methyl sites for hydroxylation is 3. The summed E-state index contributed by atoms with van der Waals surface area (Å²) in [6.07, 6.45) is 3.65. The van der Waals surface area contributed by atoms with Crippen LogP contribution in [-0.2, 0) is 14.1 Å². The van der Waals surface area contributed by atoms with Crippen molar-refractivity contribution in [2.75, 3.05) is 5.32 Å². The standard InChI is InChI=1S/C25H22N6OS/c1-16-22-18(15-20(17-9-5-4-6-10-17)27-23(22)31(3)29-16)24(32)28-19-11-7-8-12-21(19)33-25-26-13-14-30(25)2/h4-15H,1-3H3,(H,28,32). The zero-order valence-electron chi connectivity index (χ0n) is 18.5. The molecule has 0 aliphatic rings. The second kappa shape index (κ2) is 8.55. The summed E-state index contributed by atoms with van der Waals surface area (Å²) in [6.45, 7) is 1.90. The number of fused-ring (bicyclic) bond motifs is 1. The van der Waals surface area contributed by atoms with Gasteiger partial charge in [0.1, 0.15) is 0 Å². The van der Waals surface area contributed by atoms with Crippen LogP contribution in [-0.4, -0.2) is 30.2 Å². The second-order valence-corrected chi connectivity index (χ2v) is 8.71. The molecule has 2 aromatic carbocycles. The van der Waals surface area contributed by atoms with Crippen molar-refractivity contribution in [1.29, 1.82) is 0 Å². The Hall–Kier alpha value is -3.91. The Kier molecular flexibility index (Phi) is 5.43. The number of nitrogens with one attached hydrogen (secondary N) is 1. The van der Waals surface area contributed by atoms with Gasteiger partial charge in [-0.1, -0.05) is 42.5 Å². The molecule has 0 atom stereocenters. The Labute approximate surface area is 195 Å². The molecule has 164 valence electrons. The maximum absolute atomic E-state index is 13.6. The summed E-state index contributed by atoms with van der Waals surface area (Å²) in [5.41, 5.74) is 4.38. The third-order valence-corrected chi connectivity index (χ3v) is 6.55. The van der Waals surface area contributed by atoms with E-state index in [1.165, 1.54) is 11.8 Å². The Balaban J connectivity index is 1.56. The number of anilines is 1. The smallest absolute Gasteiger partial charge is 0.256 e. The average molecular weight is 455 g/mol. The zero-order valence-corrected chi connectivity index (χ0v) is 19.3. The highest BCUT2D eigenvalue weighted by Crippen LogP contribution is 2.33. The number of carbonyl (C=O) groups is 1. The van der Waals surface area contributed by atoms with Crippen LogP contribution in [0.5, 0.6) is 0 Å². The van der Waals surface area contributed by atoms with Crippen LogP contribution in [0.1, 0.15) is 16.1 Å². The van der Waals surface area contributed by atoms with Gasteiger partial charge >= 0.3 is 0 Å². The van der Waals surface area contributed by atoms with Crippen molar-refractivity contribution in [3.05, 3.63) is 84.3 Å². The molecule has 0 radical (unpaired) electrons. The van der Waals surface area contributed by atoms with E-state index >= 15 is 0 Å². The van der Waals surface area contributed by atoms with E-state index in [9.17, 15) is 4.79 Å². The first kappa shape index (κ1) is 21.0. The van der Waals surface area contributed by atoms with E-state index < -0.39 is 0 Å². The van der Waals surface area contributed by atoms with E-state index in [0.29, 0.717) is 11.2 Å². The van der Waals surface area contributed by atoms with Crippen LogP contribution in [0.3, 0.4) is 0 Å². The number of nitrogens with zero attached hydrogens (tertiary/aromatic N) is 5. The van der Waals surface area contributed by atoms with Gasteiger partial charge < -0.3 is 9.88 Å². The minimum Gasteiger partial charge on any atom is -0.329 e. The molecular weight excluding hydrogens is 432 g/mol. The Bertz CT molecular complexity index is 1470. The molecule has 0 unspecified atom stereocenters. The summed E-state index contributed by atoms with van der Waals surface area (Å²) >= 11 is 1.50. The largest absolute Gasteiger partial charge is 0.329 e. The number of benzene rings is 2. The van der Waals surface area contributed by atoms with Crippen LogP contribution in [0, 0.1) is 6.92 Å². The monoisotopic (exact) mass is 454 g/mol. The lowest BCUT2D eigenvalue weighted by Crippen LogP contribution is -2.14. The van der Waals surface area contributed by atoms with Gasteiger partial charge in [-0.25, -0.2) is 9.97 Å². The molecule has 3 aromatic heterocycles.